The number of carboxylic acid groups (broad SMARTS) is 1. The number of carbonyl (C=O) groups is 1. The van der Waals surface area contributed by atoms with Crippen LogP contribution in [0.3, 0.4) is 0 Å². The van der Waals surface area contributed by atoms with Crippen LogP contribution in [0.4, 0.5) is 0 Å². The molecule has 1 saturated heterocycles. The van der Waals surface area contributed by atoms with E-state index in [-0.39, 0.29) is 17.8 Å². The van der Waals surface area contributed by atoms with E-state index in [1.165, 1.54) is 0 Å². The summed E-state index contributed by atoms with van der Waals surface area (Å²) >= 11 is 0. The standard InChI is InChI=1S/C9H14O4/c1-3-8(6(2)9(10)11)13-5-7-4-12-7/h7-8H,2-5H2,1H3,(H,10,11). The minimum absolute atomic E-state index is 0.114. The van der Waals surface area contributed by atoms with Gasteiger partial charge in [-0.25, -0.2) is 4.79 Å². The summed E-state index contributed by atoms with van der Waals surface area (Å²) in [4.78, 5) is 10.5. The maximum atomic E-state index is 10.5. The van der Waals surface area contributed by atoms with Gasteiger partial charge in [-0.3, -0.25) is 0 Å². The van der Waals surface area contributed by atoms with Crippen LogP contribution in [0.15, 0.2) is 12.2 Å². The highest BCUT2D eigenvalue weighted by atomic mass is 16.6. The van der Waals surface area contributed by atoms with E-state index in [9.17, 15) is 4.79 Å². The van der Waals surface area contributed by atoms with Gasteiger partial charge in [0.2, 0.25) is 0 Å². The average molecular weight is 186 g/mol. The molecule has 0 aromatic carbocycles. The lowest BCUT2D eigenvalue weighted by atomic mass is 10.1. The van der Waals surface area contributed by atoms with Crippen LogP contribution < -0.4 is 0 Å². The quantitative estimate of drug-likeness (QED) is 0.493. The first-order chi connectivity index (χ1) is 6.15. The van der Waals surface area contributed by atoms with Gasteiger partial charge in [-0.1, -0.05) is 13.5 Å². The average Bonchev–Trinajstić information content (AvgIpc) is 2.88. The number of epoxide rings is 1. The van der Waals surface area contributed by atoms with Gasteiger partial charge in [0.1, 0.15) is 6.10 Å². The number of carboxylic acids is 1. The van der Waals surface area contributed by atoms with E-state index in [2.05, 4.69) is 6.58 Å². The van der Waals surface area contributed by atoms with Crippen LogP contribution in [0.5, 0.6) is 0 Å². The Hall–Kier alpha value is -0.870. The van der Waals surface area contributed by atoms with Gasteiger partial charge in [-0.05, 0) is 6.42 Å². The first-order valence-electron chi connectivity index (χ1n) is 4.30. The zero-order valence-electron chi connectivity index (χ0n) is 7.66. The van der Waals surface area contributed by atoms with Gasteiger partial charge in [0, 0.05) is 0 Å². The molecule has 4 heteroatoms. The van der Waals surface area contributed by atoms with Crippen LogP contribution in [0.25, 0.3) is 0 Å². The highest BCUT2D eigenvalue weighted by molar-refractivity contribution is 5.86. The van der Waals surface area contributed by atoms with Crippen molar-refractivity contribution < 1.29 is 19.4 Å². The molecule has 0 saturated carbocycles. The zero-order valence-corrected chi connectivity index (χ0v) is 7.66. The van der Waals surface area contributed by atoms with E-state index in [1.54, 1.807) is 0 Å². The largest absolute Gasteiger partial charge is 0.478 e. The summed E-state index contributed by atoms with van der Waals surface area (Å²) in [5, 5.41) is 8.65. The fraction of sp³-hybridized carbons (Fsp3) is 0.667. The molecular weight excluding hydrogens is 172 g/mol. The monoisotopic (exact) mass is 186 g/mol. The molecule has 0 radical (unpaired) electrons. The molecule has 1 fully saturated rings. The van der Waals surface area contributed by atoms with Crippen molar-refractivity contribution in [3.8, 4) is 0 Å². The molecular formula is C9H14O4. The van der Waals surface area contributed by atoms with Crippen LogP contribution in [-0.4, -0.2) is 36.5 Å². The van der Waals surface area contributed by atoms with Gasteiger partial charge in [-0.2, -0.15) is 0 Å². The molecule has 0 aliphatic carbocycles. The third kappa shape index (κ3) is 3.16. The van der Waals surface area contributed by atoms with E-state index >= 15 is 0 Å². The fourth-order valence-corrected chi connectivity index (χ4v) is 0.990. The van der Waals surface area contributed by atoms with Crippen molar-refractivity contribution in [3.63, 3.8) is 0 Å². The fourth-order valence-electron chi connectivity index (χ4n) is 0.990. The second kappa shape index (κ2) is 4.39. The summed E-state index contributed by atoms with van der Waals surface area (Å²) in [5.41, 5.74) is 0.114. The predicted octanol–water partition coefficient (Wildman–Crippen LogP) is 0.821. The normalized spacial score (nSPS) is 22.4. The molecule has 1 heterocycles. The molecule has 2 unspecified atom stereocenters. The van der Waals surface area contributed by atoms with Crippen molar-refractivity contribution in [1.29, 1.82) is 0 Å². The Bertz CT molecular complexity index is 208. The van der Waals surface area contributed by atoms with E-state index in [0.29, 0.717) is 13.0 Å². The molecule has 1 N–H and O–H groups in total. The molecule has 0 amide bonds. The number of hydrogen-bond acceptors (Lipinski definition) is 3. The van der Waals surface area contributed by atoms with Gasteiger partial charge in [0.15, 0.2) is 0 Å². The minimum atomic E-state index is -0.997. The number of hydrogen-bond donors (Lipinski definition) is 1. The lowest BCUT2D eigenvalue weighted by Gasteiger charge is -2.14. The van der Waals surface area contributed by atoms with Crippen molar-refractivity contribution >= 4 is 5.97 Å². The van der Waals surface area contributed by atoms with Gasteiger partial charge in [-0.15, -0.1) is 0 Å². The van der Waals surface area contributed by atoms with Crippen molar-refractivity contribution in [2.24, 2.45) is 0 Å². The van der Waals surface area contributed by atoms with Crippen molar-refractivity contribution in [3.05, 3.63) is 12.2 Å². The molecule has 74 valence electrons. The Balaban J connectivity index is 2.31. The van der Waals surface area contributed by atoms with Crippen LogP contribution in [0, 0.1) is 0 Å². The summed E-state index contributed by atoms with van der Waals surface area (Å²) in [6.45, 7) is 6.51. The molecule has 0 aromatic heterocycles. The Morgan fingerprint density at radius 1 is 1.85 bits per heavy atom. The summed E-state index contributed by atoms with van der Waals surface area (Å²) in [6.07, 6.45) is 0.398. The molecule has 0 aromatic rings. The topological polar surface area (TPSA) is 59.1 Å². The van der Waals surface area contributed by atoms with E-state index in [4.69, 9.17) is 14.6 Å². The van der Waals surface area contributed by atoms with Crippen LogP contribution in [0.1, 0.15) is 13.3 Å². The first-order valence-corrected chi connectivity index (χ1v) is 4.30. The highest BCUT2D eigenvalue weighted by Crippen LogP contribution is 2.14. The van der Waals surface area contributed by atoms with Crippen molar-refractivity contribution in [2.45, 2.75) is 25.6 Å². The Morgan fingerprint density at radius 2 is 2.46 bits per heavy atom. The highest BCUT2D eigenvalue weighted by Gasteiger charge is 2.25. The van der Waals surface area contributed by atoms with E-state index < -0.39 is 5.97 Å². The van der Waals surface area contributed by atoms with Gasteiger partial charge in [0.05, 0.1) is 24.9 Å². The Kier molecular flexibility index (Phi) is 3.45. The Morgan fingerprint density at radius 3 is 2.85 bits per heavy atom. The molecule has 1 aliphatic rings. The molecule has 13 heavy (non-hydrogen) atoms. The minimum Gasteiger partial charge on any atom is -0.478 e. The summed E-state index contributed by atoms with van der Waals surface area (Å²) < 4.78 is 10.3. The van der Waals surface area contributed by atoms with Crippen LogP contribution >= 0.6 is 0 Å². The molecule has 0 spiro atoms. The third-order valence-corrected chi connectivity index (χ3v) is 1.92. The second-order valence-corrected chi connectivity index (χ2v) is 3.02. The Labute approximate surface area is 77.1 Å². The second-order valence-electron chi connectivity index (χ2n) is 3.02. The summed E-state index contributed by atoms with van der Waals surface area (Å²) in [5.74, 6) is -0.997. The van der Waals surface area contributed by atoms with Crippen molar-refractivity contribution in [1.82, 2.24) is 0 Å². The first kappa shape index (κ1) is 10.2. The smallest absolute Gasteiger partial charge is 0.333 e. The number of aliphatic carboxylic acids is 1. The van der Waals surface area contributed by atoms with Gasteiger partial charge in [0.25, 0.3) is 0 Å². The molecule has 4 nitrogen and oxygen atoms in total. The summed E-state index contributed by atoms with van der Waals surface area (Å²) in [6, 6.07) is 0. The molecule has 1 rings (SSSR count). The van der Waals surface area contributed by atoms with E-state index in [0.717, 1.165) is 6.61 Å². The molecule has 2 atom stereocenters. The van der Waals surface area contributed by atoms with Crippen LogP contribution in [-0.2, 0) is 14.3 Å². The van der Waals surface area contributed by atoms with Gasteiger partial charge >= 0.3 is 5.97 Å². The predicted molar refractivity (Wildman–Crippen MR) is 46.5 cm³/mol. The van der Waals surface area contributed by atoms with E-state index in [1.807, 2.05) is 6.92 Å². The molecule has 0 bridgehead atoms. The third-order valence-electron chi connectivity index (χ3n) is 1.92. The number of ether oxygens (including phenoxy) is 2. The SMILES string of the molecule is C=C(C(=O)O)C(CC)OCC1CO1. The summed E-state index contributed by atoms with van der Waals surface area (Å²) in [7, 11) is 0. The van der Waals surface area contributed by atoms with Gasteiger partial charge < -0.3 is 14.6 Å². The maximum Gasteiger partial charge on any atom is 0.333 e. The van der Waals surface area contributed by atoms with Crippen molar-refractivity contribution in [2.75, 3.05) is 13.2 Å². The lowest BCUT2D eigenvalue weighted by Crippen LogP contribution is -2.22. The number of rotatable bonds is 6. The molecule has 1 aliphatic heterocycles. The van der Waals surface area contributed by atoms with Crippen LogP contribution in [0.2, 0.25) is 0 Å². The maximum absolute atomic E-state index is 10.5. The lowest BCUT2D eigenvalue weighted by molar-refractivity contribution is -0.134. The zero-order chi connectivity index (χ0) is 9.84.